The van der Waals surface area contributed by atoms with Crippen molar-refractivity contribution in [1.82, 2.24) is 0 Å². The molecule has 0 aliphatic rings. The maximum absolute atomic E-state index is 5.75. The van der Waals surface area contributed by atoms with Gasteiger partial charge in [0.2, 0.25) is 0 Å². The maximum Gasteiger partial charge on any atom is 0.146 e. The summed E-state index contributed by atoms with van der Waals surface area (Å²) in [6, 6.07) is 0. The van der Waals surface area contributed by atoms with Crippen molar-refractivity contribution in [1.29, 1.82) is 0 Å². The summed E-state index contributed by atoms with van der Waals surface area (Å²) < 4.78 is 10.3. The van der Waals surface area contributed by atoms with Gasteiger partial charge in [-0.3, -0.25) is 0 Å². The molecule has 0 aliphatic carbocycles. The molecule has 3 heteroatoms. The molecule has 0 saturated heterocycles. The van der Waals surface area contributed by atoms with Crippen LogP contribution in [0.3, 0.4) is 0 Å². The minimum absolute atomic E-state index is 0.255. The summed E-state index contributed by atoms with van der Waals surface area (Å²) >= 11 is 5.75. The predicted octanol–water partition coefficient (Wildman–Crippen LogP) is 2.79. The van der Waals surface area contributed by atoms with Crippen molar-refractivity contribution in [2.24, 2.45) is 0 Å². The van der Waals surface area contributed by atoms with E-state index in [0.717, 1.165) is 32.5 Å². The molecular formula is C9H19ClO2. The minimum atomic E-state index is 0.255. The quantitative estimate of drug-likeness (QED) is 0.336. The van der Waals surface area contributed by atoms with Crippen molar-refractivity contribution in [3.05, 3.63) is 0 Å². The van der Waals surface area contributed by atoms with E-state index >= 15 is 0 Å². The van der Waals surface area contributed by atoms with E-state index < -0.39 is 0 Å². The van der Waals surface area contributed by atoms with Crippen molar-refractivity contribution < 1.29 is 9.47 Å². The average molecular weight is 195 g/mol. The molecule has 0 fully saturated rings. The molecule has 0 aromatic carbocycles. The summed E-state index contributed by atoms with van der Waals surface area (Å²) in [5, 5.41) is 0.255. The van der Waals surface area contributed by atoms with Crippen LogP contribution in [-0.4, -0.2) is 25.4 Å². The van der Waals surface area contributed by atoms with E-state index in [-0.39, 0.29) is 5.38 Å². The first-order valence-electron chi connectivity index (χ1n) is 4.57. The van der Waals surface area contributed by atoms with Gasteiger partial charge in [-0.05, 0) is 26.2 Å². The fourth-order valence-corrected chi connectivity index (χ4v) is 0.942. The first-order valence-corrected chi connectivity index (χ1v) is 5.00. The lowest BCUT2D eigenvalue weighted by molar-refractivity contribution is -0.0542. The monoisotopic (exact) mass is 194 g/mol. The molecule has 0 amide bonds. The molecule has 1 atom stereocenters. The van der Waals surface area contributed by atoms with E-state index in [4.69, 9.17) is 21.1 Å². The third kappa shape index (κ3) is 10.2. The number of halogens is 1. The predicted molar refractivity (Wildman–Crippen MR) is 51.6 cm³/mol. The summed E-state index contributed by atoms with van der Waals surface area (Å²) in [7, 11) is 0. The van der Waals surface area contributed by atoms with Gasteiger partial charge in [0.1, 0.15) is 6.79 Å². The van der Waals surface area contributed by atoms with Gasteiger partial charge in [0.05, 0.1) is 0 Å². The molecule has 0 bridgehead atoms. The van der Waals surface area contributed by atoms with E-state index in [1.54, 1.807) is 0 Å². The zero-order valence-corrected chi connectivity index (χ0v) is 8.77. The molecule has 0 heterocycles. The number of hydrogen-bond donors (Lipinski definition) is 0. The molecular weight excluding hydrogens is 176 g/mol. The van der Waals surface area contributed by atoms with Gasteiger partial charge in [0.25, 0.3) is 0 Å². The Morgan fingerprint density at radius 3 is 2.50 bits per heavy atom. The summed E-state index contributed by atoms with van der Waals surface area (Å²) in [6.45, 7) is 6.03. The molecule has 12 heavy (non-hydrogen) atoms. The smallest absolute Gasteiger partial charge is 0.146 e. The van der Waals surface area contributed by atoms with Crippen LogP contribution in [0, 0.1) is 0 Å². The normalized spacial score (nSPS) is 13.2. The number of rotatable bonds is 8. The van der Waals surface area contributed by atoms with Crippen molar-refractivity contribution in [3.63, 3.8) is 0 Å². The zero-order chi connectivity index (χ0) is 9.23. The number of alkyl halides is 1. The topological polar surface area (TPSA) is 18.5 Å². The van der Waals surface area contributed by atoms with E-state index in [9.17, 15) is 0 Å². The highest BCUT2D eigenvalue weighted by molar-refractivity contribution is 6.20. The van der Waals surface area contributed by atoms with Crippen LogP contribution in [-0.2, 0) is 9.47 Å². The molecule has 1 unspecified atom stereocenters. The third-order valence-electron chi connectivity index (χ3n) is 1.41. The number of ether oxygens (including phenoxy) is 2. The van der Waals surface area contributed by atoms with Crippen molar-refractivity contribution in [2.45, 2.75) is 38.5 Å². The van der Waals surface area contributed by atoms with Gasteiger partial charge in [-0.15, -0.1) is 11.6 Å². The highest BCUT2D eigenvalue weighted by atomic mass is 35.5. The van der Waals surface area contributed by atoms with Gasteiger partial charge >= 0.3 is 0 Å². The van der Waals surface area contributed by atoms with E-state index in [0.29, 0.717) is 6.79 Å². The van der Waals surface area contributed by atoms with Crippen LogP contribution in [0.2, 0.25) is 0 Å². The third-order valence-corrected chi connectivity index (χ3v) is 1.62. The van der Waals surface area contributed by atoms with Crippen molar-refractivity contribution >= 4 is 11.6 Å². The molecule has 0 aromatic rings. The highest BCUT2D eigenvalue weighted by Crippen LogP contribution is 2.03. The Balaban J connectivity index is 2.82. The van der Waals surface area contributed by atoms with Crippen LogP contribution in [0.4, 0.5) is 0 Å². The minimum Gasteiger partial charge on any atom is -0.355 e. The van der Waals surface area contributed by atoms with E-state index in [2.05, 4.69) is 6.92 Å². The Morgan fingerprint density at radius 2 is 1.92 bits per heavy atom. The second-order valence-electron chi connectivity index (χ2n) is 2.86. The van der Waals surface area contributed by atoms with Gasteiger partial charge in [-0.25, -0.2) is 0 Å². The molecule has 2 nitrogen and oxygen atoms in total. The second kappa shape index (κ2) is 9.30. The molecule has 0 radical (unpaired) electrons. The van der Waals surface area contributed by atoms with Gasteiger partial charge in [0.15, 0.2) is 0 Å². The van der Waals surface area contributed by atoms with Crippen LogP contribution in [0.25, 0.3) is 0 Å². The Hall–Kier alpha value is 0.210. The fourth-order valence-electron chi connectivity index (χ4n) is 0.788. The highest BCUT2D eigenvalue weighted by Gasteiger charge is 1.95. The van der Waals surface area contributed by atoms with E-state index in [1.165, 1.54) is 0 Å². The summed E-state index contributed by atoms with van der Waals surface area (Å²) in [4.78, 5) is 0. The second-order valence-corrected chi connectivity index (χ2v) is 3.60. The summed E-state index contributed by atoms with van der Waals surface area (Å²) in [5.41, 5.74) is 0. The van der Waals surface area contributed by atoms with Crippen LogP contribution in [0.1, 0.15) is 33.1 Å². The Morgan fingerprint density at radius 1 is 1.25 bits per heavy atom. The first-order chi connectivity index (χ1) is 5.77. The lowest BCUT2D eigenvalue weighted by Crippen LogP contribution is -2.03. The van der Waals surface area contributed by atoms with Gasteiger partial charge < -0.3 is 9.47 Å². The summed E-state index contributed by atoms with van der Waals surface area (Å²) in [5.74, 6) is 0. The van der Waals surface area contributed by atoms with Crippen molar-refractivity contribution in [2.75, 3.05) is 20.0 Å². The molecule has 0 aliphatic heterocycles. The SMILES string of the molecule is CCCOCOCCCC(C)Cl. The van der Waals surface area contributed by atoms with Gasteiger partial charge in [0, 0.05) is 18.6 Å². The summed E-state index contributed by atoms with van der Waals surface area (Å²) in [6.07, 6.45) is 3.07. The van der Waals surface area contributed by atoms with Crippen LogP contribution in [0.5, 0.6) is 0 Å². The van der Waals surface area contributed by atoms with Crippen LogP contribution < -0.4 is 0 Å². The zero-order valence-electron chi connectivity index (χ0n) is 8.01. The Kier molecular flexibility index (Phi) is 9.46. The largest absolute Gasteiger partial charge is 0.355 e. The lowest BCUT2D eigenvalue weighted by Gasteiger charge is -2.05. The number of hydrogen-bond acceptors (Lipinski definition) is 2. The van der Waals surface area contributed by atoms with Crippen LogP contribution >= 0.6 is 11.6 Å². The van der Waals surface area contributed by atoms with Gasteiger partial charge in [-0.1, -0.05) is 6.92 Å². The fraction of sp³-hybridized carbons (Fsp3) is 1.00. The molecule has 0 rings (SSSR count). The molecule has 0 saturated carbocycles. The Labute approximate surface area is 80.2 Å². The molecule has 0 N–H and O–H groups in total. The average Bonchev–Trinajstić information content (AvgIpc) is 2.02. The standard InChI is InChI=1S/C9H19ClO2/c1-3-6-11-8-12-7-4-5-9(2)10/h9H,3-8H2,1-2H3. The molecule has 0 aromatic heterocycles. The van der Waals surface area contributed by atoms with E-state index in [1.807, 2.05) is 6.92 Å². The molecule has 0 spiro atoms. The maximum atomic E-state index is 5.75. The van der Waals surface area contributed by atoms with Gasteiger partial charge in [-0.2, -0.15) is 0 Å². The lowest BCUT2D eigenvalue weighted by atomic mass is 10.3. The first kappa shape index (κ1) is 12.2. The Bertz CT molecular complexity index is 86.6. The van der Waals surface area contributed by atoms with Crippen molar-refractivity contribution in [3.8, 4) is 0 Å². The van der Waals surface area contributed by atoms with Crippen LogP contribution in [0.15, 0.2) is 0 Å². The molecule has 74 valence electrons.